The Morgan fingerprint density at radius 2 is 1.83 bits per heavy atom. The first kappa shape index (κ1) is 19.4. The van der Waals surface area contributed by atoms with Gasteiger partial charge in [0.25, 0.3) is 0 Å². The lowest BCUT2D eigenvalue weighted by atomic mass is 10.2. The maximum Gasteiger partial charge on any atom is 0.203 e. The first-order valence-electron chi connectivity index (χ1n) is 9.04. The fraction of sp³-hybridized carbons (Fsp3) is 0.0435. The number of aromatic nitrogens is 1. The Hall–Kier alpha value is -2.96. The van der Waals surface area contributed by atoms with E-state index in [0.29, 0.717) is 6.61 Å². The van der Waals surface area contributed by atoms with Gasteiger partial charge < -0.3 is 4.74 Å². The van der Waals surface area contributed by atoms with Crippen molar-refractivity contribution in [3.05, 3.63) is 99.8 Å². The zero-order chi connectivity index (χ0) is 19.9. The average Bonchev–Trinajstić information content (AvgIpc) is 3.23. The van der Waals surface area contributed by atoms with Crippen molar-refractivity contribution < 1.29 is 4.74 Å². The van der Waals surface area contributed by atoms with Crippen LogP contribution in [0.3, 0.4) is 0 Å². The van der Waals surface area contributed by atoms with Crippen LogP contribution in [0, 0.1) is 0 Å². The van der Waals surface area contributed by atoms with Crippen molar-refractivity contribution in [2.75, 3.05) is 5.43 Å². The van der Waals surface area contributed by atoms with Gasteiger partial charge in [0.05, 0.1) is 11.9 Å². The number of hydrogen-bond donors (Lipinski definition) is 1. The number of benzene rings is 3. The molecule has 0 fully saturated rings. The number of hydrazone groups is 1. The van der Waals surface area contributed by atoms with Gasteiger partial charge in [0.15, 0.2) is 0 Å². The highest BCUT2D eigenvalue weighted by Gasteiger charge is 2.03. The molecule has 6 heteroatoms. The van der Waals surface area contributed by atoms with Gasteiger partial charge in [-0.05, 0) is 23.8 Å². The molecule has 0 amide bonds. The number of nitrogens with one attached hydrogen (secondary N) is 1. The molecule has 1 N–H and O–H groups in total. The average molecular weight is 464 g/mol. The summed E-state index contributed by atoms with van der Waals surface area (Å²) in [6.07, 6.45) is 1.76. The monoisotopic (exact) mass is 463 g/mol. The van der Waals surface area contributed by atoms with Crippen molar-refractivity contribution in [2.45, 2.75) is 6.61 Å². The number of halogens is 1. The summed E-state index contributed by atoms with van der Waals surface area (Å²) in [6, 6.07) is 26.0. The normalized spacial score (nSPS) is 10.9. The Morgan fingerprint density at radius 1 is 1.00 bits per heavy atom. The van der Waals surface area contributed by atoms with E-state index in [4.69, 9.17) is 4.74 Å². The summed E-state index contributed by atoms with van der Waals surface area (Å²) < 4.78 is 6.95. The second-order valence-electron chi connectivity index (χ2n) is 6.23. The maximum absolute atomic E-state index is 5.91. The third-order valence-corrected chi connectivity index (χ3v) is 5.68. The van der Waals surface area contributed by atoms with E-state index in [1.807, 2.05) is 84.2 Å². The number of thiazole rings is 1. The molecule has 1 heterocycles. The third kappa shape index (κ3) is 5.31. The first-order chi connectivity index (χ1) is 14.3. The summed E-state index contributed by atoms with van der Waals surface area (Å²) in [5.41, 5.74) is 7.08. The van der Waals surface area contributed by atoms with Gasteiger partial charge in [0, 0.05) is 21.0 Å². The predicted molar refractivity (Wildman–Crippen MR) is 124 cm³/mol. The second-order valence-corrected chi connectivity index (χ2v) is 7.94. The lowest BCUT2D eigenvalue weighted by Gasteiger charge is -2.08. The summed E-state index contributed by atoms with van der Waals surface area (Å²) in [5.74, 6) is 0.797. The Morgan fingerprint density at radius 3 is 2.69 bits per heavy atom. The lowest BCUT2D eigenvalue weighted by molar-refractivity contribution is 0.305. The number of ether oxygens (including phenoxy) is 1. The minimum atomic E-state index is 0.502. The van der Waals surface area contributed by atoms with Gasteiger partial charge in [-0.15, -0.1) is 11.3 Å². The molecule has 144 valence electrons. The summed E-state index contributed by atoms with van der Waals surface area (Å²) in [6.45, 7) is 0.502. The SMILES string of the molecule is Brc1ccccc1COc1cccc(C=NNc2nc(-c3ccccc3)cs2)c1. The van der Waals surface area contributed by atoms with Crippen LogP contribution in [0.2, 0.25) is 0 Å². The molecule has 0 atom stereocenters. The van der Waals surface area contributed by atoms with Gasteiger partial charge in [0.2, 0.25) is 5.13 Å². The van der Waals surface area contributed by atoms with E-state index in [9.17, 15) is 0 Å². The summed E-state index contributed by atoms with van der Waals surface area (Å²) in [7, 11) is 0. The van der Waals surface area contributed by atoms with Crippen molar-refractivity contribution in [3.8, 4) is 17.0 Å². The molecule has 4 nitrogen and oxygen atoms in total. The molecule has 0 radical (unpaired) electrons. The number of nitrogens with zero attached hydrogens (tertiary/aromatic N) is 2. The van der Waals surface area contributed by atoms with E-state index in [0.717, 1.165) is 37.7 Å². The molecule has 0 aliphatic rings. The molecule has 0 bridgehead atoms. The fourth-order valence-electron chi connectivity index (χ4n) is 2.69. The quantitative estimate of drug-likeness (QED) is 0.248. The number of anilines is 1. The molecule has 0 saturated carbocycles. The molecular formula is C23H18BrN3OS. The highest BCUT2D eigenvalue weighted by Crippen LogP contribution is 2.24. The van der Waals surface area contributed by atoms with Crippen LogP contribution >= 0.6 is 27.3 Å². The van der Waals surface area contributed by atoms with Gasteiger partial charge >= 0.3 is 0 Å². The molecule has 4 aromatic rings. The minimum absolute atomic E-state index is 0.502. The predicted octanol–water partition coefficient (Wildman–Crippen LogP) is 6.60. The van der Waals surface area contributed by atoms with E-state index in [1.54, 1.807) is 6.21 Å². The second kappa shape index (κ2) is 9.49. The molecule has 0 aliphatic carbocycles. The smallest absolute Gasteiger partial charge is 0.203 e. The fourth-order valence-corrected chi connectivity index (χ4v) is 3.76. The van der Waals surface area contributed by atoms with Crippen molar-refractivity contribution >= 4 is 38.6 Å². The van der Waals surface area contributed by atoms with E-state index in [1.165, 1.54) is 11.3 Å². The minimum Gasteiger partial charge on any atom is -0.489 e. The molecule has 0 spiro atoms. The topological polar surface area (TPSA) is 46.5 Å². The molecule has 0 unspecified atom stereocenters. The first-order valence-corrected chi connectivity index (χ1v) is 10.7. The van der Waals surface area contributed by atoms with Crippen LogP contribution in [0.1, 0.15) is 11.1 Å². The zero-order valence-electron chi connectivity index (χ0n) is 15.5. The highest BCUT2D eigenvalue weighted by molar-refractivity contribution is 9.10. The molecule has 1 aromatic heterocycles. The van der Waals surface area contributed by atoms with Gasteiger partial charge in [-0.3, -0.25) is 5.43 Å². The van der Waals surface area contributed by atoms with Gasteiger partial charge in [0.1, 0.15) is 12.4 Å². The summed E-state index contributed by atoms with van der Waals surface area (Å²) in [5, 5.41) is 7.07. The summed E-state index contributed by atoms with van der Waals surface area (Å²) in [4.78, 5) is 4.57. The highest BCUT2D eigenvalue weighted by atomic mass is 79.9. The van der Waals surface area contributed by atoms with Gasteiger partial charge in [-0.1, -0.05) is 76.6 Å². The van der Waals surface area contributed by atoms with Crippen LogP contribution < -0.4 is 10.2 Å². The Bertz CT molecular complexity index is 1110. The molecule has 3 aromatic carbocycles. The molecule has 29 heavy (non-hydrogen) atoms. The Kier molecular flexibility index (Phi) is 6.34. The summed E-state index contributed by atoms with van der Waals surface area (Å²) >= 11 is 5.07. The Balaban J connectivity index is 1.36. The van der Waals surface area contributed by atoms with E-state index >= 15 is 0 Å². The zero-order valence-corrected chi connectivity index (χ0v) is 17.9. The van der Waals surface area contributed by atoms with Crippen molar-refractivity contribution in [1.82, 2.24) is 4.98 Å². The van der Waals surface area contributed by atoms with Gasteiger partial charge in [-0.2, -0.15) is 5.10 Å². The molecule has 0 aliphatic heterocycles. The van der Waals surface area contributed by atoms with Crippen LogP contribution in [-0.4, -0.2) is 11.2 Å². The van der Waals surface area contributed by atoms with Crippen molar-refractivity contribution in [3.63, 3.8) is 0 Å². The maximum atomic E-state index is 5.91. The molecule has 0 saturated heterocycles. The van der Waals surface area contributed by atoms with Gasteiger partial charge in [-0.25, -0.2) is 4.98 Å². The largest absolute Gasteiger partial charge is 0.489 e. The third-order valence-electron chi connectivity index (χ3n) is 4.16. The van der Waals surface area contributed by atoms with Crippen LogP contribution in [0.4, 0.5) is 5.13 Å². The van der Waals surface area contributed by atoms with Crippen LogP contribution in [0.15, 0.2) is 93.8 Å². The molecular weight excluding hydrogens is 446 g/mol. The van der Waals surface area contributed by atoms with E-state index in [-0.39, 0.29) is 0 Å². The lowest BCUT2D eigenvalue weighted by Crippen LogP contribution is -1.97. The number of hydrogen-bond acceptors (Lipinski definition) is 5. The standard InChI is InChI=1S/C23H18BrN3OS/c24-21-12-5-4-10-19(21)15-28-20-11-6-7-17(13-20)14-25-27-23-26-22(16-29-23)18-8-2-1-3-9-18/h1-14,16H,15H2,(H,26,27). The van der Waals surface area contributed by atoms with Crippen molar-refractivity contribution in [2.24, 2.45) is 5.10 Å². The number of rotatable bonds is 7. The Labute approximate surface area is 182 Å². The van der Waals surface area contributed by atoms with E-state index in [2.05, 4.69) is 31.4 Å². The van der Waals surface area contributed by atoms with E-state index < -0.39 is 0 Å². The van der Waals surface area contributed by atoms with Crippen LogP contribution in [0.25, 0.3) is 11.3 Å². The van der Waals surface area contributed by atoms with Crippen molar-refractivity contribution in [1.29, 1.82) is 0 Å². The van der Waals surface area contributed by atoms with Crippen LogP contribution in [-0.2, 0) is 6.61 Å². The van der Waals surface area contributed by atoms with Crippen LogP contribution in [0.5, 0.6) is 5.75 Å². The molecule has 4 rings (SSSR count).